The lowest BCUT2D eigenvalue weighted by atomic mass is 9.58. The molecule has 0 aromatic carbocycles. The van der Waals surface area contributed by atoms with Gasteiger partial charge in [-0.05, 0) is 61.2 Å². The second-order valence-electron chi connectivity index (χ2n) is 8.46. The molecule has 3 saturated carbocycles. The van der Waals surface area contributed by atoms with Gasteiger partial charge in [0.2, 0.25) is 0 Å². The molecule has 20 heavy (non-hydrogen) atoms. The van der Waals surface area contributed by atoms with Crippen molar-refractivity contribution < 1.29 is 0 Å². The largest absolute Gasteiger partial charge is 0.0622 e. The highest BCUT2D eigenvalue weighted by molar-refractivity contribution is 4.90. The zero-order valence-corrected chi connectivity index (χ0v) is 13.9. The van der Waals surface area contributed by atoms with Crippen molar-refractivity contribution in [1.29, 1.82) is 0 Å². The first-order chi connectivity index (χ1) is 9.77. The van der Waals surface area contributed by atoms with Gasteiger partial charge in [-0.15, -0.1) is 0 Å². The smallest absolute Gasteiger partial charge is 0.0352 e. The molecule has 0 spiro atoms. The summed E-state index contributed by atoms with van der Waals surface area (Å²) >= 11 is 0. The van der Waals surface area contributed by atoms with Gasteiger partial charge in [0, 0.05) is 0 Å². The number of hydrogen-bond donors (Lipinski definition) is 0. The van der Waals surface area contributed by atoms with Crippen LogP contribution in [0.3, 0.4) is 0 Å². The zero-order chi connectivity index (χ0) is 13.9. The quantitative estimate of drug-likeness (QED) is 0.477. The molecule has 3 rings (SSSR count). The van der Waals surface area contributed by atoms with E-state index in [1.54, 1.807) is 25.7 Å². The summed E-state index contributed by atoms with van der Waals surface area (Å²) in [7, 11) is 0. The van der Waals surface area contributed by atoms with Gasteiger partial charge in [0.25, 0.3) is 0 Å². The predicted molar refractivity (Wildman–Crippen MR) is 87.7 cm³/mol. The lowest BCUT2D eigenvalue weighted by Gasteiger charge is -2.47. The average Bonchev–Trinajstić information content (AvgIpc) is 2.39. The van der Waals surface area contributed by atoms with Crippen LogP contribution in [-0.2, 0) is 0 Å². The van der Waals surface area contributed by atoms with Gasteiger partial charge in [0.1, 0.15) is 0 Å². The Morgan fingerprint density at radius 2 is 0.700 bits per heavy atom. The second kappa shape index (κ2) is 6.84. The summed E-state index contributed by atoms with van der Waals surface area (Å²) in [5.41, 5.74) is 0. The number of hydrogen-bond acceptors (Lipinski definition) is 0. The highest BCUT2D eigenvalue weighted by atomic mass is 14.5. The molecule has 3 fully saturated rings. The van der Waals surface area contributed by atoms with Crippen LogP contribution in [0.5, 0.6) is 0 Å². The maximum atomic E-state index is 2.59. The van der Waals surface area contributed by atoms with E-state index in [-0.39, 0.29) is 0 Å². The van der Waals surface area contributed by atoms with E-state index in [1.807, 2.05) is 0 Å². The highest BCUT2D eigenvalue weighted by Gasteiger charge is 2.40. The molecule has 0 amide bonds. The van der Waals surface area contributed by atoms with Gasteiger partial charge >= 0.3 is 0 Å². The monoisotopic (exact) mass is 276 g/mol. The second-order valence-corrected chi connectivity index (χ2v) is 8.46. The minimum Gasteiger partial charge on any atom is -0.0622 e. The summed E-state index contributed by atoms with van der Waals surface area (Å²) in [5, 5.41) is 0. The summed E-state index contributed by atoms with van der Waals surface area (Å²) in [6.07, 6.45) is 18.5. The lowest BCUT2D eigenvalue weighted by molar-refractivity contribution is 0.0267. The first kappa shape index (κ1) is 14.9. The molecule has 3 aliphatic carbocycles. The Morgan fingerprint density at radius 1 is 0.400 bits per heavy atom. The van der Waals surface area contributed by atoms with Crippen molar-refractivity contribution in [2.45, 2.75) is 90.9 Å². The summed E-state index contributed by atoms with van der Waals surface area (Å²) < 4.78 is 0. The van der Waals surface area contributed by atoms with Crippen LogP contribution in [-0.4, -0.2) is 0 Å². The fourth-order valence-electron chi connectivity index (χ4n) is 6.21. The molecule has 6 atom stereocenters. The van der Waals surface area contributed by atoms with Crippen LogP contribution in [0.15, 0.2) is 0 Å². The van der Waals surface area contributed by atoms with Gasteiger partial charge in [0.05, 0.1) is 0 Å². The van der Waals surface area contributed by atoms with Crippen molar-refractivity contribution in [3.05, 3.63) is 0 Å². The first-order valence-electron chi connectivity index (χ1n) is 9.77. The third-order valence-corrected chi connectivity index (χ3v) is 7.33. The lowest BCUT2D eigenvalue weighted by Crippen LogP contribution is -2.38. The zero-order valence-electron chi connectivity index (χ0n) is 13.9. The molecule has 4 bridgehead atoms. The molecule has 0 N–H and O–H groups in total. The van der Waals surface area contributed by atoms with Crippen molar-refractivity contribution in [1.82, 2.24) is 0 Å². The van der Waals surface area contributed by atoms with E-state index in [2.05, 4.69) is 13.8 Å². The van der Waals surface area contributed by atoms with E-state index in [0.717, 1.165) is 35.5 Å². The molecule has 3 aliphatic rings. The molecule has 0 radical (unpaired) electrons. The van der Waals surface area contributed by atoms with Gasteiger partial charge in [0.15, 0.2) is 0 Å². The fourth-order valence-corrected chi connectivity index (χ4v) is 6.21. The third kappa shape index (κ3) is 3.09. The third-order valence-electron chi connectivity index (χ3n) is 7.33. The first-order valence-corrected chi connectivity index (χ1v) is 9.77. The van der Waals surface area contributed by atoms with E-state index < -0.39 is 0 Å². The maximum absolute atomic E-state index is 2.59. The van der Waals surface area contributed by atoms with E-state index in [4.69, 9.17) is 0 Å². The highest BCUT2D eigenvalue weighted by Crippen LogP contribution is 2.50. The molecule has 0 heteroatoms. The molecule has 0 aromatic rings. The molecule has 0 aliphatic heterocycles. The van der Waals surface area contributed by atoms with E-state index in [9.17, 15) is 0 Å². The SMILES string of the molecule is CC1CCCCC2C3CCCCC1C2CCCCC3C. The van der Waals surface area contributed by atoms with Crippen LogP contribution in [0.25, 0.3) is 0 Å². The van der Waals surface area contributed by atoms with Crippen LogP contribution in [0.2, 0.25) is 0 Å². The average molecular weight is 277 g/mol. The van der Waals surface area contributed by atoms with Crippen LogP contribution in [0.4, 0.5) is 0 Å². The Balaban J connectivity index is 1.89. The van der Waals surface area contributed by atoms with Gasteiger partial charge in [-0.25, -0.2) is 0 Å². The Kier molecular flexibility index (Phi) is 5.10. The summed E-state index contributed by atoms with van der Waals surface area (Å²) in [6, 6.07) is 0. The normalized spacial score (nSPS) is 47.1. The standard InChI is InChI=1S/C20H36/c1-15-9-3-5-14-20-18-12-8-7-11-17(15)19(20)13-6-4-10-16(18)2/h15-20H,3-14H2,1-2H3. The Morgan fingerprint density at radius 3 is 1.10 bits per heavy atom. The van der Waals surface area contributed by atoms with Crippen molar-refractivity contribution in [3.8, 4) is 0 Å². The summed E-state index contributed by atoms with van der Waals surface area (Å²) in [6.45, 7) is 5.18. The van der Waals surface area contributed by atoms with E-state index in [0.29, 0.717) is 0 Å². The van der Waals surface area contributed by atoms with Crippen molar-refractivity contribution in [3.63, 3.8) is 0 Å². The van der Waals surface area contributed by atoms with Crippen LogP contribution < -0.4 is 0 Å². The molecule has 0 nitrogen and oxygen atoms in total. The van der Waals surface area contributed by atoms with Crippen molar-refractivity contribution in [2.24, 2.45) is 35.5 Å². The fraction of sp³-hybridized carbons (Fsp3) is 1.00. The molecule has 0 saturated heterocycles. The van der Waals surface area contributed by atoms with Crippen molar-refractivity contribution >= 4 is 0 Å². The minimum absolute atomic E-state index is 1.01. The Bertz CT molecular complexity index is 264. The maximum Gasteiger partial charge on any atom is -0.0352 e. The number of rotatable bonds is 0. The van der Waals surface area contributed by atoms with Gasteiger partial charge in [-0.2, -0.15) is 0 Å². The van der Waals surface area contributed by atoms with E-state index >= 15 is 0 Å². The van der Waals surface area contributed by atoms with Crippen LogP contribution in [0, 0.1) is 35.5 Å². The Hall–Kier alpha value is 0. The summed E-state index contributed by atoms with van der Waals surface area (Å²) in [4.78, 5) is 0. The van der Waals surface area contributed by atoms with Crippen molar-refractivity contribution in [2.75, 3.05) is 0 Å². The van der Waals surface area contributed by atoms with Gasteiger partial charge in [-0.3, -0.25) is 0 Å². The minimum atomic E-state index is 1.01. The topological polar surface area (TPSA) is 0 Å². The molecule has 0 aromatic heterocycles. The van der Waals surface area contributed by atoms with Crippen LogP contribution in [0.1, 0.15) is 90.9 Å². The Labute approximate surface area is 127 Å². The van der Waals surface area contributed by atoms with Crippen LogP contribution >= 0.6 is 0 Å². The van der Waals surface area contributed by atoms with E-state index in [1.165, 1.54) is 51.4 Å². The molecule has 116 valence electrons. The predicted octanol–water partition coefficient (Wildman–Crippen LogP) is 6.45. The molecule has 6 unspecified atom stereocenters. The van der Waals surface area contributed by atoms with Gasteiger partial charge in [-0.1, -0.05) is 65.2 Å². The molecule has 0 heterocycles. The van der Waals surface area contributed by atoms with Gasteiger partial charge < -0.3 is 0 Å². The molecular formula is C20H36. The molecular weight excluding hydrogens is 240 g/mol. The summed E-state index contributed by atoms with van der Waals surface area (Å²) in [5.74, 6) is 6.37.